The molecule has 1 aliphatic rings. The first-order chi connectivity index (χ1) is 12.2. The Kier molecular flexibility index (Phi) is 6.40. The lowest BCUT2D eigenvalue weighted by molar-refractivity contribution is -0.120. The summed E-state index contributed by atoms with van der Waals surface area (Å²) in [6.45, 7) is 5.01. The molecule has 2 aromatic rings. The van der Waals surface area contributed by atoms with E-state index in [4.69, 9.17) is 0 Å². The molecule has 1 N–H and O–H groups in total. The summed E-state index contributed by atoms with van der Waals surface area (Å²) in [6, 6.07) is 17.0. The lowest BCUT2D eigenvalue weighted by Crippen LogP contribution is -2.23. The minimum absolute atomic E-state index is 0.114. The topological polar surface area (TPSA) is 32.3 Å². The average Bonchev–Trinajstić information content (AvgIpc) is 3.17. The van der Waals surface area contributed by atoms with Gasteiger partial charge in [-0.3, -0.25) is 4.79 Å². The van der Waals surface area contributed by atoms with Crippen molar-refractivity contribution in [3.05, 3.63) is 59.7 Å². The minimum Gasteiger partial charge on any atom is -0.372 e. The van der Waals surface area contributed by atoms with Crippen LogP contribution < -0.4 is 10.2 Å². The molecule has 0 aromatic heterocycles. The number of aryl methyl sites for hydroxylation is 1. The van der Waals surface area contributed by atoms with Crippen molar-refractivity contribution in [3.8, 4) is 0 Å². The molecule has 25 heavy (non-hydrogen) atoms. The molecule has 0 spiro atoms. The predicted octanol–water partition coefficient (Wildman–Crippen LogP) is 4.39. The smallest absolute Gasteiger partial charge is 0.221 e. The fraction of sp³-hybridized carbons (Fsp3) is 0.381. The van der Waals surface area contributed by atoms with Crippen LogP contribution in [0.4, 0.5) is 5.69 Å². The summed E-state index contributed by atoms with van der Waals surface area (Å²) < 4.78 is 0. The van der Waals surface area contributed by atoms with Crippen molar-refractivity contribution >= 4 is 23.4 Å². The van der Waals surface area contributed by atoms with Crippen LogP contribution in [0.25, 0.3) is 0 Å². The van der Waals surface area contributed by atoms with Crippen LogP contribution in [-0.2, 0) is 11.3 Å². The second kappa shape index (κ2) is 8.95. The van der Waals surface area contributed by atoms with Crippen molar-refractivity contribution in [2.75, 3.05) is 23.7 Å². The monoisotopic (exact) mass is 354 g/mol. The van der Waals surface area contributed by atoms with Gasteiger partial charge in [-0.15, -0.1) is 11.8 Å². The highest BCUT2D eigenvalue weighted by molar-refractivity contribution is 7.99. The molecule has 1 fully saturated rings. The highest BCUT2D eigenvalue weighted by Crippen LogP contribution is 2.21. The van der Waals surface area contributed by atoms with E-state index in [9.17, 15) is 4.79 Å². The van der Waals surface area contributed by atoms with Gasteiger partial charge in [0.25, 0.3) is 0 Å². The van der Waals surface area contributed by atoms with Crippen molar-refractivity contribution in [1.82, 2.24) is 5.32 Å². The van der Waals surface area contributed by atoms with Gasteiger partial charge in [0, 0.05) is 42.4 Å². The van der Waals surface area contributed by atoms with Gasteiger partial charge < -0.3 is 10.2 Å². The average molecular weight is 355 g/mol. The lowest BCUT2D eigenvalue weighted by atomic mass is 10.2. The quantitative estimate of drug-likeness (QED) is 0.748. The van der Waals surface area contributed by atoms with Crippen LogP contribution in [0, 0.1) is 6.92 Å². The number of rotatable bonds is 7. The number of anilines is 1. The third-order valence-corrected chi connectivity index (χ3v) is 5.53. The standard InChI is InChI=1S/C21H26N2OS/c1-17-4-10-20(11-5-17)25-15-12-21(24)22-16-18-6-8-19(9-7-18)23-13-2-3-14-23/h4-11H,2-3,12-16H2,1H3,(H,22,24). The normalized spacial score (nSPS) is 13.9. The number of thioether (sulfide) groups is 1. The first-order valence-electron chi connectivity index (χ1n) is 9.01. The third kappa shape index (κ3) is 5.53. The summed E-state index contributed by atoms with van der Waals surface area (Å²) in [5.74, 6) is 0.922. The van der Waals surface area contributed by atoms with Gasteiger partial charge in [-0.1, -0.05) is 29.8 Å². The molecule has 0 aliphatic carbocycles. The van der Waals surface area contributed by atoms with Crippen LogP contribution in [0.2, 0.25) is 0 Å². The number of carbonyl (C=O) groups excluding carboxylic acids is 1. The van der Waals surface area contributed by atoms with E-state index < -0.39 is 0 Å². The summed E-state index contributed by atoms with van der Waals surface area (Å²) in [5, 5.41) is 3.02. The van der Waals surface area contributed by atoms with Gasteiger partial charge in [0.2, 0.25) is 5.91 Å². The molecular formula is C21H26N2OS. The molecule has 2 aromatic carbocycles. The van der Waals surface area contributed by atoms with Crippen LogP contribution in [0.3, 0.4) is 0 Å². The van der Waals surface area contributed by atoms with E-state index >= 15 is 0 Å². The van der Waals surface area contributed by atoms with Gasteiger partial charge >= 0.3 is 0 Å². The van der Waals surface area contributed by atoms with E-state index in [0.29, 0.717) is 13.0 Å². The van der Waals surface area contributed by atoms with Crippen LogP contribution >= 0.6 is 11.8 Å². The van der Waals surface area contributed by atoms with Gasteiger partial charge in [0.1, 0.15) is 0 Å². The second-order valence-electron chi connectivity index (χ2n) is 6.55. The molecule has 1 amide bonds. The molecular weight excluding hydrogens is 328 g/mol. The Hall–Kier alpha value is -1.94. The Bertz CT molecular complexity index is 676. The van der Waals surface area contributed by atoms with Gasteiger partial charge in [-0.25, -0.2) is 0 Å². The van der Waals surface area contributed by atoms with Crippen LogP contribution in [0.15, 0.2) is 53.4 Å². The zero-order valence-corrected chi connectivity index (χ0v) is 15.6. The maximum atomic E-state index is 12.0. The number of hydrogen-bond acceptors (Lipinski definition) is 3. The summed E-state index contributed by atoms with van der Waals surface area (Å²) in [4.78, 5) is 15.6. The molecule has 132 valence electrons. The summed E-state index contributed by atoms with van der Waals surface area (Å²) in [5.41, 5.74) is 3.71. The molecule has 0 bridgehead atoms. The molecule has 1 heterocycles. The van der Waals surface area contributed by atoms with Gasteiger partial charge in [0.15, 0.2) is 0 Å². The van der Waals surface area contributed by atoms with Crippen molar-refractivity contribution in [3.63, 3.8) is 0 Å². The van der Waals surface area contributed by atoms with Gasteiger partial charge in [-0.05, 0) is 49.6 Å². The molecule has 1 aliphatic heterocycles. The Morgan fingerprint density at radius 3 is 2.40 bits per heavy atom. The van der Waals surface area contributed by atoms with Crippen LogP contribution in [0.5, 0.6) is 0 Å². The number of benzene rings is 2. The number of hydrogen-bond donors (Lipinski definition) is 1. The molecule has 3 rings (SSSR count). The Morgan fingerprint density at radius 2 is 1.72 bits per heavy atom. The van der Waals surface area contributed by atoms with Crippen LogP contribution in [0.1, 0.15) is 30.4 Å². The zero-order valence-electron chi connectivity index (χ0n) is 14.8. The fourth-order valence-electron chi connectivity index (χ4n) is 2.99. The van der Waals surface area contributed by atoms with Gasteiger partial charge in [-0.2, -0.15) is 0 Å². The van der Waals surface area contributed by atoms with E-state index in [1.807, 2.05) is 0 Å². The Balaban J connectivity index is 1.37. The maximum absolute atomic E-state index is 12.0. The van der Waals surface area contributed by atoms with Crippen LogP contribution in [-0.4, -0.2) is 24.7 Å². The predicted molar refractivity (Wildman–Crippen MR) is 106 cm³/mol. The number of nitrogens with one attached hydrogen (secondary N) is 1. The zero-order chi connectivity index (χ0) is 17.5. The van der Waals surface area contributed by atoms with E-state index in [1.165, 1.54) is 29.0 Å². The van der Waals surface area contributed by atoms with Crippen molar-refractivity contribution in [2.45, 2.75) is 37.6 Å². The molecule has 3 nitrogen and oxygen atoms in total. The van der Waals surface area contributed by atoms with E-state index in [2.05, 4.69) is 65.7 Å². The first-order valence-corrected chi connectivity index (χ1v) is 9.99. The SMILES string of the molecule is Cc1ccc(SCCC(=O)NCc2ccc(N3CCCC3)cc2)cc1. The largest absolute Gasteiger partial charge is 0.372 e. The first kappa shape index (κ1) is 17.9. The van der Waals surface area contributed by atoms with Crippen molar-refractivity contribution < 1.29 is 4.79 Å². The molecule has 4 heteroatoms. The molecule has 0 radical (unpaired) electrons. The second-order valence-corrected chi connectivity index (χ2v) is 7.72. The summed E-state index contributed by atoms with van der Waals surface area (Å²) >= 11 is 1.73. The van der Waals surface area contributed by atoms with E-state index in [0.717, 1.165) is 24.4 Å². The minimum atomic E-state index is 0.114. The molecule has 0 unspecified atom stereocenters. The summed E-state index contributed by atoms with van der Waals surface area (Å²) in [6.07, 6.45) is 3.13. The maximum Gasteiger partial charge on any atom is 0.221 e. The van der Waals surface area contributed by atoms with Crippen molar-refractivity contribution in [2.24, 2.45) is 0 Å². The van der Waals surface area contributed by atoms with Gasteiger partial charge in [0.05, 0.1) is 0 Å². The highest BCUT2D eigenvalue weighted by Gasteiger charge is 2.11. The van der Waals surface area contributed by atoms with Crippen molar-refractivity contribution in [1.29, 1.82) is 0 Å². The lowest BCUT2D eigenvalue weighted by Gasteiger charge is -2.17. The Morgan fingerprint density at radius 1 is 1.04 bits per heavy atom. The number of carbonyl (C=O) groups is 1. The summed E-state index contributed by atoms with van der Waals surface area (Å²) in [7, 11) is 0. The Labute approximate surface area is 154 Å². The highest BCUT2D eigenvalue weighted by atomic mass is 32.2. The number of nitrogens with zero attached hydrogens (tertiary/aromatic N) is 1. The number of amides is 1. The molecule has 0 atom stereocenters. The fourth-order valence-corrected chi connectivity index (χ4v) is 3.84. The molecule has 1 saturated heterocycles. The molecule has 0 saturated carbocycles. The van der Waals surface area contributed by atoms with E-state index in [-0.39, 0.29) is 5.91 Å². The third-order valence-electron chi connectivity index (χ3n) is 4.52. The van der Waals surface area contributed by atoms with E-state index in [1.54, 1.807) is 11.8 Å².